The zero-order valence-electron chi connectivity index (χ0n) is 18.4. The van der Waals surface area contributed by atoms with Gasteiger partial charge < -0.3 is 14.5 Å². The fourth-order valence-corrected chi connectivity index (χ4v) is 3.25. The number of carbonyl (C=O) groups is 2. The number of unbranched alkanes of at least 4 members (excludes halogenated alkanes) is 2. The standard InChI is InChI=1S/C25H28N2O5/c1-3-4-7-16-31-19-12-10-18(11-13-19)22(28)14-15-23(29)32-17(2)24-26-21-9-6-5-8-20(21)25(30)27-24/h5-6,8-13,17H,3-4,7,14-16H2,1-2H3,(H,26,27,30). The van der Waals surface area contributed by atoms with Gasteiger partial charge in [-0.3, -0.25) is 14.4 Å². The van der Waals surface area contributed by atoms with Crippen molar-refractivity contribution < 1.29 is 19.1 Å². The predicted molar refractivity (Wildman–Crippen MR) is 122 cm³/mol. The number of esters is 1. The number of hydrogen-bond donors (Lipinski definition) is 1. The van der Waals surface area contributed by atoms with Gasteiger partial charge in [-0.25, -0.2) is 4.98 Å². The Morgan fingerprint density at radius 3 is 2.53 bits per heavy atom. The molecule has 0 spiro atoms. The molecule has 0 bridgehead atoms. The monoisotopic (exact) mass is 436 g/mol. The van der Waals surface area contributed by atoms with Crippen molar-refractivity contribution in [3.8, 4) is 5.75 Å². The Hall–Kier alpha value is -3.48. The van der Waals surface area contributed by atoms with Gasteiger partial charge in [-0.2, -0.15) is 0 Å². The molecule has 7 nitrogen and oxygen atoms in total. The lowest BCUT2D eigenvalue weighted by molar-refractivity contribution is -0.148. The molecule has 7 heteroatoms. The van der Waals surface area contributed by atoms with Gasteiger partial charge in [-0.1, -0.05) is 31.9 Å². The lowest BCUT2D eigenvalue weighted by Crippen LogP contribution is -2.17. The largest absolute Gasteiger partial charge is 0.494 e. The van der Waals surface area contributed by atoms with E-state index in [0.29, 0.717) is 23.1 Å². The average Bonchev–Trinajstić information content (AvgIpc) is 2.80. The number of H-pyrrole nitrogens is 1. The van der Waals surface area contributed by atoms with Crippen LogP contribution in [0.25, 0.3) is 10.9 Å². The van der Waals surface area contributed by atoms with Crippen LogP contribution in [0.15, 0.2) is 53.3 Å². The summed E-state index contributed by atoms with van der Waals surface area (Å²) in [7, 11) is 0. The number of benzene rings is 2. The van der Waals surface area contributed by atoms with Crippen LogP contribution in [-0.4, -0.2) is 28.3 Å². The summed E-state index contributed by atoms with van der Waals surface area (Å²) < 4.78 is 11.0. The molecule has 3 rings (SSSR count). The summed E-state index contributed by atoms with van der Waals surface area (Å²) >= 11 is 0. The molecule has 2 aromatic carbocycles. The van der Waals surface area contributed by atoms with Crippen LogP contribution in [0.2, 0.25) is 0 Å². The van der Waals surface area contributed by atoms with E-state index < -0.39 is 12.1 Å². The number of para-hydroxylation sites is 1. The van der Waals surface area contributed by atoms with Crippen molar-refractivity contribution in [2.75, 3.05) is 6.61 Å². The molecule has 168 valence electrons. The molecular weight excluding hydrogens is 408 g/mol. The summed E-state index contributed by atoms with van der Waals surface area (Å²) in [5.74, 6) is 0.313. The first-order valence-electron chi connectivity index (χ1n) is 10.9. The zero-order valence-corrected chi connectivity index (χ0v) is 18.4. The Balaban J connectivity index is 1.50. The molecule has 0 fully saturated rings. The molecule has 0 amide bonds. The quantitative estimate of drug-likeness (QED) is 0.264. The highest BCUT2D eigenvalue weighted by atomic mass is 16.5. The second-order valence-electron chi connectivity index (χ2n) is 7.60. The molecule has 1 aromatic heterocycles. The highest BCUT2D eigenvalue weighted by Gasteiger charge is 2.17. The van der Waals surface area contributed by atoms with E-state index in [9.17, 15) is 14.4 Å². The number of hydrogen-bond acceptors (Lipinski definition) is 6. The SMILES string of the molecule is CCCCCOc1ccc(C(=O)CCC(=O)OC(C)c2nc3ccccc3c(=O)[nH]2)cc1. The minimum Gasteiger partial charge on any atom is -0.494 e. The number of ketones is 1. The molecule has 0 aliphatic heterocycles. The highest BCUT2D eigenvalue weighted by Crippen LogP contribution is 2.17. The first-order valence-corrected chi connectivity index (χ1v) is 10.9. The van der Waals surface area contributed by atoms with Gasteiger partial charge in [-0.15, -0.1) is 0 Å². The molecule has 0 aliphatic carbocycles. The number of rotatable bonds is 11. The van der Waals surface area contributed by atoms with Crippen molar-refractivity contribution in [3.05, 3.63) is 70.3 Å². The van der Waals surface area contributed by atoms with Crippen LogP contribution >= 0.6 is 0 Å². The molecule has 1 atom stereocenters. The van der Waals surface area contributed by atoms with E-state index in [0.717, 1.165) is 25.0 Å². The van der Waals surface area contributed by atoms with Gasteiger partial charge in [-0.05, 0) is 49.7 Å². The minimum absolute atomic E-state index is 0.0317. The molecule has 0 saturated carbocycles. The van der Waals surface area contributed by atoms with Crippen LogP contribution in [0, 0.1) is 0 Å². The van der Waals surface area contributed by atoms with E-state index in [1.54, 1.807) is 55.5 Å². The maximum absolute atomic E-state index is 12.4. The van der Waals surface area contributed by atoms with Gasteiger partial charge in [0.25, 0.3) is 5.56 Å². The normalized spacial score (nSPS) is 11.8. The zero-order chi connectivity index (χ0) is 22.9. The highest BCUT2D eigenvalue weighted by molar-refractivity contribution is 5.97. The van der Waals surface area contributed by atoms with Gasteiger partial charge in [0.1, 0.15) is 5.75 Å². The Kier molecular flexibility index (Phi) is 8.14. The van der Waals surface area contributed by atoms with Gasteiger partial charge in [0.2, 0.25) is 0 Å². The van der Waals surface area contributed by atoms with E-state index in [4.69, 9.17) is 9.47 Å². The number of nitrogens with zero attached hydrogens (tertiary/aromatic N) is 1. The van der Waals surface area contributed by atoms with E-state index in [2.05, 4.69) is 16.9 Å². The molecule has 1 N–H and O–H groups in total. The predicted octanol–water partition coefficient (Wildman–Crippen LogP) is 4.76. The van der Waals surface area contributed by atoms with E-state index in [1.165, 1.54) is 0 Å². The lowest BCUT2D eigenvalue weighted by Gasteiger charge is -2.13. The average molecular weight is 437 g/mol. The van der Waals surface area contributed by atoms with Gasteiger partial charge >= 0.3 is 5.97 Å². The minimum atomic E-state index is -0.737. The summed E-state index contributed by atoms with van der Waals surface area (Å²) in [4.78, 5) is 43.8. The maximum atomic E-state index is 12.4. The van der Waals surface area contributed by atoms with Crippen molar-refractivity contribution in [2.24, 2.45) is 0 Å². The molecular formula is C25H28N2O5. The van der Waals surface area contributed by atoms with Crippen LogP contribution in [0.4, 0.5) is 0 Å². The van der Waals surface area contributed by atoms with E-state index in [-0.39, 0.29) is 30.0 Å². The second kappa shape index (κ2) is 11.2. The molecule has 1 heterocycles. The number of carbonyl (C=O) groups excluding carboxylic acids is 2. The second-order valence-corrected chi connectivity index (χ2v) is 7.60. The van der Waals surface area contributed by atoms with Crippen LogP contribution in [-0.2, 0) is 9.53 Å². The van der Waals surface area contributed by atoms with Crippen molar-refractivity contribution in [1.82, 2.24) is 9.97 Å². The number of ether oxygens (including phenoxy) is 2. The molecule has 3 aromatic rings. The van der Waals surface area contributed by atoms with Gasteiger partial charge in [0, 0.05) is 12.0 Å². The molecule has 0 radical (unpaired) electrons. The van der Waals surface area contributed by atoms with Crippen molar-refractivity contribution in [2.45, 2.75) is 52.1 Å². The van der Waals surface area contributed by atoms with Gasteiger partial charge in [0.15, 0.2) is 17.7 Å². The van der Waals surface area contributed by atoms with E-state index in [1.807, 2.05) is 0 Å². The van der Waals surface area contributed by atoms with Crippen LogP contribution in [0.3, 0.4) is 0 Å². The van der Waals surface area contributed by atoms with Crippen LogP contribution < -0.4 is 10.3 Å². The van der Waals surface area contributed by atoms with Crippen molar-refractivity contribution in [3.63, 3.8) is 0 Å². The topological polar surface area (TPSA) is 98.3 Å². The smallest absolute Gasteiger partial charge is 0.306 e. The third-order valence-electron chi connectivity index (χ3n) is 5.07. The number of aromatic nitrogens is 2. The molecule has 0 saturated heterocycles. The third-order valence-corrected chi connectivity index (χ3v) is 5.07. The number of nitrogens with one attached hydrogen (secondary N) is 1. The summed E-state index contributed by atoms with van der Waals surface area (Å²) in [5.41, 5.74) is 0.760. The molecule has 32 heavy (non-hydrogen) atoms. The van der Waals surface area contributed by atoms with Crippen molar-refractivity contribution >= 4 is 22.7 Å². The maximum Gasteiger partial charge on any atom is 0.306 e. The number of fused-ring (bicyclic) bond motifs is 1. The summed E-state index contributed by atoms with van der Waals surface area (Å²) in [6.07, 6.45) is 2.49. The first-order chi connectivity index (χ1) is 15.5. The third kappa shape index (κ3) is 6.26. The fraction of sp³-hybridized carbons (Fsp3) is 0.360. The number of aromatic amines is 1. The Morgan fingerprint density at radius 1 is 1.03 bits per heavy atom. The molecule has 1 unspecified atom stereocenters. The fourth-order valence-electron chi connectivity index (χ4n) is 3.25. The first kappa shape index (κ1) is 23.2. The summed E-state index contributed by atoms with van der Waals surface area (Å²) in [5, 5.41) is 0.470. The summed E-state index contributed by atoms with van der Waals surface area (Å²) in [6.45, 7) is 4.42. The van der Waals surface area contributed by atoms with Gasteiger partial charge in [0.05, 0.1) is 23.9 Å². The van der Waals surface area contributed by atoms with E-state index >= 15 is 0 Å². The Bertz CT molecular complexity index is 1120. The summed E-state index contributed by atoms with van der Waals surface area (Å²) in [6, 6.07) is 13.9. The molecule has 0 aliphatic rings. The number of Topliss-reactive ketones (excluding diaryl/α,β-unsaturated/α-hetero) is 1. The lowest BCUT2D eigenvalue weighted by atomic mass is 10.1. The van der Waals surface area contributed by atoms with Crippen molar-refractivity contribution in [1.29, 1.82) is 0 Å². The Morgan fingerprint density at radius 2 is 1.78 bits per heavy atom. The van der Waals surface area contributed by atoms with Crippen LogP contribution in [0.1, 0.15) is 68.2 Å². The van der Waals surface area contributed by atoms with Crippen LogP contribution in [0.5, 0.6) is 5.75 Å². The Labute approximate surface area is 186 Å².